The largest absolute Gasteiger partial charge is 0.347 e. The maximum Gasteiger partial charge on any atom is 0.313 e. The molecule has 0 radical (unpaired) electrons. The summed E-state index contributed by atoms with van der Waals surface area (Å²) < 4.78 is 0. The van der Waals surface area contributed by atoms with Gasteiger partial charge in [-0.25, -0.2) is 0 Å². The summed E-state index contributed by atoms with van der Waals surface area (Å²) in [7, 11) is 0. The highest BCUT2D eigenvalue weighted by molar-refractivity contribution is 6.40. The first-order valence-electron chi connectivity index (χ1n) is 5.71. The average molecular weight is 278 g/mol. The van der Waals surface area contributed by atoms with Gasteiger partial charge in [-0.2, -0.15) is 0 Å². The van der Waals surface area contributed by atoms with Crippen LogP contribution in [0.5, 0.6) is 0 Å². The van der Waals surface area contributed by atoms with Crippen molar-refractivity contribution in [3.8, 4) is 0 Å². The molecule has 0 fully saturated rings. The summed E-state index contributed by atoms with van der Waals surface area (Å²) in [5, 5.41) is 5.82. The number of hydrogen-bond acceptors (Lipinski definition) is 3. The Morgan fingerprint density at radius 1 is 1.16 bits per heavy atom. The molecule has 0 bridgehead atoms. The lowest BCUT2D eigenvalue weighted by Gasteiger charge is -2.07. The molecule has 1 heterocycles. The smallest absolute Gasteiger partial charge is 0.313 e. The normalized spacial score (nSPS) is 10.2. The van der Waals surface area contributed by atoms with E-state index < -0.39 is 11.8 Å². The Morgan fingerprint density at radius 3 is 2.74 bits per heavy atom. The Balaban J connectivity index is 2.17. The number of pyridine rings is 1. The number of halogens is 1. The van der Waals surface area contributed by atoms with Crippen LogP contribution in [-0.2, 0) is 9.59 Å². The van der Waals surface area contributed by atoms with Gasteiger partial charge in [0.15, 0.2) is 0 Å². The monoisotopic (exact) mass is 277 g/mol. The first-order chi connectivity index (χ1) is 9.22. The third-order valence-corrected chi connectivity index (χ3v) is 2.66. The van der Waals surface area contributed by atoms with Gasteiger partial charge in [0, 0.05) is 24.0 Å². The Kier molecular flexibility index (Phi) is 4.30. The molecule has 0 spiro atoms. The molecule has 1 aromatic carbocycles. The van der Waals surface area contributed by atoms with Crippen LogP contribution < -0.4 is 10.6 Å². The summed E-state index contributed by atoms with van der Waals surface area (Å²) in [6.07, 6.45) is 1.63. The van der Waals surface area contributed by atoms with Gasteiger partial charge in [-0.15, -0.1) is 11.6 Å². The van der Waals surface area contributed by atoms with E-state index in [-0.39, 0.29) is 12.4 Å². The number of alkyl halides is 1. The van der Waals surface area contributed by atoms with Crippen LogP contribution >= 0.6 is 11.6 Å². The van der Waals surface area contributed by atoms with Crippen molar-refractivity contribution < 1.29 is 9.59 Å². The quantitative estimate of drug-likeness (QED) is 0.660. The van der Waals surface area contributed by atoms with E-state index >= 15 is 0 Å². The van der Waals surface area contributed by atoms with Gasteiger partial charge in [0.25, 0.3) is 0 Å². The third kappa shape index (κ3) is 3.20. The number of para-hydroxylation sites is 1. The molecule has 0 unspecified atom stereocenters. The molecule has 2 rings (SSSR count). The molecular formula is C13H12ClN3O2. The van der Waals surface area contributed by atoms with Crippen molar-refractivity contribution in [3.63, 3.8) is 0 Å². The number of carbonyl (C=O) groups excluding carboxylic acids is 2. The molecule has 2 aromatic rings. The summed E-state index contributed by atoms with van der Waals surface area (Å²) in [6, 6.07) is 9.05. The Hall–Kier alpha value is -2.14. The van der Waals surface area contributed by atoms with Gasteiger partial charge in [0.05, 0.1) is 11.2 Å². The second kappa shape index (κ2) is 6.15. The number of carbonyl (C=O) groups is 2. The first kappa shape index (κ1) is 13.3. The van der Waals surface area contributed by atoms with Crippen molar-refractivity contribution in [3.05, 3.63) is 36.5 Å². The van der Waals surface area contributed by atoms with Gasteiger partial charge in [-0.05, 0) is 12.1 Å². The highest BCUT2D eigenvalue weighted by Crippen LogP contribution is 2.20. The molecule has 98 valence electrons. The fourth-order valence-corrected chi connectivity index (χ4v) is 1.72. The molecule has 0 saturated heterocycles. The fraction of sp³-hybridized carbons (Fsp3) is 0.154. The van der Waals surface area contributed by atoms with Gasteiger partial charge in [-0.1, -0.05) is 18.2 Å². The summed E-state index contributed by atoms with van der Waals surface area (Å²) >= 11 is 5.43. The number of rotatable bonds is 3. The Labute approximate surface area is 115 Å². The van der Waals surface area contributed by atoms with Crippen molar-refractivity contribution in [1.29, 1.82) is 0 Å². The molecule has 1 aromatic heterocycles. The van der Waals surface area contributed by atoms with E-state index in [4.69, 9.17) is 11.6 Å². The van der Waals surface area contributed by atoms with E-state index in [0.717, 1.165) is 5.39 Å². The summed E-state index contributed by atoms with van der Waals surface area (Å²) in [5.41, 5.74) is 1.15. The molecule has 19 heavy (non-hydrogen) atoms. The minimum atomic E-state index is -0.733. The number of nitrogens with one attached hydrogen (secondary N) is 2. The van der Waals surface area contributed by atoms with E-state index in [0.29, 0.717) is 11.2 Å². The van der Waals surface area contributed by atoms with Gasteiger partial charge in [0.1, 0.15) is 0 Å². The zero-order chi connectivity index (χ0) is 13.7. The summed E-state index contributed by atoms with van der Waals surface area (Å²) in [6.45, 7) is 0.252. The molecule has 0 aliphatic heterocycles. The number of benzene rings is 1. The highest BCUT2D eigenvalue weighted by atomic mass is 35.5. The molecule has 0 aliphatic rings. The average Bonchev–Trinajstić information content (AvgIpc) is 2.45. The maximum absolute atomic E-state index is 11.7. The van der Waals surface area contributed by atoms with Gasteiger partial charge in [0.2, 0.25) is 0 Å². The lowest BCUT2D eigenvalue weighted by atomic mass is 10.2. The molecule has 0 atom stereocenters. The zero-order valence-electron chi connectivity index (χ0n) is 10.0. The van der Waals surface area contributed by atoms with Crippen LogP contribution in [0.15, 0.2) is 36.5 Å². The minimum Gasteiger partial charge on any atom is -0.347 e. The van der Waals surface area contributed by atoms with Crippen molar-refractivity contribution in [1.82, 2.24) is 10.3 Å². The van der Waals surface area contributed by atoms with Crippen molar-refractivity contribution in [2.45, 2.75) is 0 Å². The number of anilines is 1. The molecular weight excluding hydrogens is 266 g/mol. The maximum atomic E-state index is 11.7. The summed E-state index contributed by atoms with van der Waals surface area (Å²) in [4.78, 5) is 27.3. The van der Waals surface area contributed by atoms with Crippen LogP contribution in [0.4, 0.5) is 5.69 Å². The van der Waals surface area contributed by atoms with Crippen LogP contribution in [0.1, 0.15) is 0 Å². The molecule has 2 amide bonds. The topological polar surface area (TPSA) is 71.1 Å². The number of fused-ring (bicyclic) bond motifs is 1. The molecule has 0 saturated carbocycles. The van der Waals surface area contributed by atoms with Gasteiger partial charge in [-0.3, -0.25) is 14.6 Å². The lowest BCUT2D eigenvalue weighted by Crippen LogP contribution is -2.36. The van der Waals surface area contributed by atoms with E-state index in [1.165, 1.54) is 0 Å². The summed E-state index contributed by atoms with van der Waals surface area (Å²) in [5.74, 6) is -1.19. The fourth-order valence-electron chi connectivity index (χ4n) is 1.63. The molecule has 6 heteroatoms. The van der Waals surface area contributed by atoms with Gasteiger partial charge < -0.3 is 10.6 Å². The highest BCUT2D eigenvalue weighted by Gasteiger charge is 2.14. The van der Waals surface area contributed by atoms with E-state index in [9.17, 15) is 9.59 Å². The van der Waals surface area contributed by atoms with E-state index in [1.807, 2.05) is 12.1 Å². The lowest BCUT2D eigenvalue weighted by molar-refractivity contribution is -0.136. The molecule has 5 nitrogen and oxygen atoms in total. The Morgan fingerprint density at radius 2 is 1.95 bits per heavy atom. The zero-order valence-corrected chi connectivity index (χ0v) is 10.8. The van der Waals surface area contributed by atoms with Crippen molar-refractivity contribution in [2.24, 2.45) is 0 Å². The van der Waals surface area contributed by atoms with Crippen LogP contribution in [0.2, 0.25) is 0 Å². The molecule has 2 N–H and O–H groups in total. The second-order valence-electron chi connectivity index (χ2n) is 3.78. The predicted octanol–water partition coefficient (Wildman–Crippen LogP) is 1.53. The number of aromatic nitrogens is 1. The number of amides is 2. The minimum absolute atomic E-state index is 0.252. The third-order valence-electron chi connectivity index (χ3n) is 2.47. The molecule has 0 aliphatic carbocycles. The van der Waals surface area contributed by atoms with Crippen LogP contribution in [0.3, 0.4) is 0 Å². The second-order valence-corrected chi connectivity index (χ2v) is 4.16. The SMILES string of the molecule is O=C(NCCCl)C(=O)Nc1cccc2cccnc12. The first-order valence-corrected chi connectivity index (χ1v) is 6.24. The Bertz CT molecular complexity index is 610. The van der Waals surface area contributed by atoms with E-state index in [2.05, 4.69) is 15.6 Å². The van der Waals surface area contributed by atoms with Crippen molar-refractivity contribution in [2.75, 3.05) is 17.7 Å². The van der Waals surface area contributed by atoms with Crippen molar-refractivity contribution >= 4 is 40.0 Å². The number of nitrogens with zero attached hydrogens (tertiary/aromatic N) is 1. The van der Waals surface area contributed by atoms with Crippen LogP contribution in [0, 0.1) is 0 Å². The number of hydrogen-bond donors (Lipinski definition) is 2. The standard InChI is InChI=1S/C13H12ClN3O2/c14-6-8-16-12(18)13(19)17-10-5-1-3-9-4-2-7-15-11(9)10/h1-5,7H,6,8H2,(H,16,18)(H,17,19). The van der Waals surface area contributed by atoms with Gasteiger partial charge >= 0.3 is 11.8 Å². The van der Waals surface area contributed by atoms with Crippen LogP contribution in [-0.4, -0.2) is 29.2 Å². The van der Waals surface area contributed by atoms with E-state index in [1.54, 1.807) is 24.4 Å². The van der Waals surface area contributed by atoms with Crippen LogP contribution in [0.25, 0.3) is 10.9 Å². The predicted molar refractivity (Wildman–Crippen MR) is 74.1 cm³/mol.